The molecule has 2 aromatic heterocycles. The lowest BCUT2D eigenvalue weighted by Gasteiger charge is -2.13. The summed E-state index contributed by atoms with van der Waals surface area (Å²) in [6.45, 7) is 0.868. The molecule has 0 amide bonds. The average molecular weight is 384 g/mol. The fourth-order valence-corrected chi connectivity index (χ4v) is 4.50. The van der Waals surface area contributed by atoms with Gasteiger partial charge in [-0.1, -0.05) is 28.8 Å². The molecule has 1 atom stereocenters. The number of aromatic nitrogens is 4. The van der Waals surface area contributed by atoms with E-state index >= 15 is 0 Å². The van der Waals surface area contributed by atoms with Crippen molar-refractivity contribution in [1.29, 1.82) is 0 Å². The molecule has 3 aromatic rings. The van der Waals surface area contributed by atoms with Gasteiger partial charge in [0.25, 0.3) is 0 Å². The Kier molecular flexibility index (Phi) is 3.33. The van der Waals surface area contributed by atoms with Gasteiger partial charge in [0.05, 0.1) is 23.3 Å². The topological polar surface area (TPSA) is 55.6 Å². The molecule has 0 saturated heterocycles. The Morgan fingerprint density at radius 1 is 1.17 bits per heavy atom. The van der Waals surface area contributed by atoms with Crippen molar-refractivity contribution in [3.05, 3.63) is 46.5 Å². The second-order valence-electron chi connectivity index (χ2n) is 6.69. The molecule has 1 unspecified atom stereocenters. The fourth-order valence-electron chi connectivity index (χ4n) is 4.12. The van der Waals surface area contributed by atoms with Crippen LogP contribution in [0, 0.1) is 0 Å². The Hall–Kier alpha value is -1.95. The first-order chi connectivity index (χ1) is 11.8. The summed E-state index contributed by atoms with van der Waals surface area (Å²) in [6, 6.07) is 6.88. The molecule has 1 fully saturated rings. The van der Waals surface area contributed by atoms with Crippen molar-refractivity contribution in [3.8, 4) is 0 Å². The zero-order valence-electron chi connectivity index (χ0n) is 13.2. The maximum absolute atomic E-state index is 4.67. The van der Waals surface area contributed by atoms with Gasteiger partial charge in [-0.2, -0.15) is 5.10 Å². The molecule has 2 aliphatic rings. The molecule has 3 heterocycles. The molecule has 122 valence electrons. The van der Waals surface area contributed by atoms with Crippen LogP contribution in [-0.2, 0) is 0 Å². The third-order valence-corrected chi connectivity index (χ3v) is 5.80. The maximum Gasteiger partial charge on any atom is 0.161 e. The second kappa shape index (κ2) is 5.55. The largest absolute Gasteiger partial charge is 0.384 e. The number of nitrogens with zero attached hydrogens (tertiary/aromatic N) is 4. The lowest BCUT2D eigenvalue weighted by molar-refractivity contribution is 0.478. The number of hydrogen-bond acceptors (Lipinski definition) is 4. The van der Waals surface area contributed by atoms with Gasteiger partial charge in [0.1, 0.15) is 6.33 Å². The Balaban J connectivity index is 1.63. The molecular weight excluding hydrogens is 366 g/mol. The zero-order valence-corrected chi connectivity index (χ0v) is 14.8. The summed E-state index contributed by atoms with van der Waals surface area (Å²) in [6.07, 6.45) is 8.64. The minimum absolute atomic E-state index is 0.240. The lowest BCUT2D eigenvalue weighted by atomic mass is 9.96. The summed E-state index contributed by atoms with van der Waals surface area (Å²) >= 11 is 3.59. The minimum atomic E-state index is 0.240. The summed E-state index contributed by atoms with van der Waals surface area (Å²) in [5, 5.41) is 9.25. The van der Waals surface area contributed by atoms with Crippen LogP contribution in [0.15, 0.2) is 35.2 Å². The van der Waals surface area contributed by atoms with Gasteiger partial charge >= 0.3 is 0 Å². The van der Waals surface area contributed by atoms with Crippen molar-refractivity contribution >= 4 is 32.7 Å². The summed E-state index contributed by atoms with van der Waals surface area (Å²) < 4.78 is 3.22. The smallest absolute Gasteiger partial charge is 0.161 e. The van der Waals surface area contributed by atoms with E-state index in [1.807, 2.05) is 6.20 Å². The third kappa shape index (κ3) is 2.16. The van der Waals surface area contributed by atoms with Crippen LogP contribution in [0.25, 0.3) is 11.0 Å². The van der Waals surface area contributed by atoms with Crippen LogP contribution in [0.3, 0.4) is 0 Å². The maximum atomic E-state index is 4.67. The van der Waals surface area contributed by atoms with Crippen LogP contribution in [0.2, 0.25) is 0 Å². The molecule has 5 nitrogen and oxygen atoms in total. The first kappa shape index (κ1) is 14.4. The van der Waals surface area contributed by atoms with Gasteiger partial charge in [-0.15, -0.1) is 0 Å². The van der Waals surface area contributed by atoms with Gasteiger partial charge < -0.3 is 5.32 Å². The molecule has 1 saturated carbocycles. The van der Waals surface area contributed by atoms with Gasteiger partial charge in [-0.3, -0.25) is 0 Å². The van der Waals surface area contributed by atoms with Crippen molar-refractivity contribution in [3.63, 3.8) is 0 Å². The predicted octanol–water partition coefficient (Wildman–Crippen LogP) is 4.26. The van der Waals surface area contributed by atoms with Crippen molar-refractivity contribution in [1.82, 2.24) is 19.7 Å². The molecule has 1 aliphatic heterocycles. The Morgan fingerprint density at radius 3 is 2.92 bits per heavy atom. The van der Waals surface area contributed by atoms with E-state index in [2.05, 4.69) is 59.2 Å². The van der Waals surface area contributed by atoms with Crippen LogP contribution >= 0.6 is 15.9 Å². The van der Waals surface area contributed by atoms with E-state index in [9.17, 15) is 0 Å². The van der Waals surface area contributed by atoms with Crippen LogP contribution < -0.4 is 5.32 Å². The van der Waals surface area contributed by atoms with E-state index in [4.69, 9.17) is 0 Å². The molecule has 0 radical (unpaired) electrons. The van der Waals surface area contributed by atoms with Crippen LogP contribution in [0.1, 0.15) is 48.9 Å². The number of halogens is 1. The predicted molar refractivity (Wildman–Crippen MR) is 97.3 cm³/mol. The quantitative estimate of drug-likeness (QED) is 0.717. The van der Waals surface area contributed by atoms with Gasteiger partial charge in [0.2, 0.25) is 0 Å². The van der Waals surface area contributed by atoms with E-state index in [0.717, 1.165) is 27.7 Å². The minimum Gasteiger partial charge on any atom is -0.384 e. The van der Waals surface area contributed by atoms with Crippen molar-refractivity contribution in [2.45, 2.75) is 37.6 Å². The van der Waals surface area contributed by atoms with Crippen molar-refractivity contribution < 1.29 is 0 Å². The number of rotatable bonds is 2. The SMILES string of the molecule is Brc1ccc2c(c1)C(c1ncnc3c1cnn3C1CCCC1)CN2. The third-order valence-electron chi connectivity index (χ3n) is 5.31. The average Bonchev–Trinajstić information content (AvgIpc) is 3.32. The van der Waals surface area contributed by atoms with Crippen molar-refractivity contribution in [2.24, 2.45) is 0 Å². The summed E-state index contributed by atoms with van der Waals surface area (Å²) in [5.41, 5.74) is 4.54. The van der Waals surface area contributed by atoms with E-state index in [-0.39, 0.29) is 5.92 Å². The Morgan fingerprint density at radius 2 is 2.04 bits per heavy atom. The highest BCUT2D eigenvalue weighted by Gasteiger charge is 2.28. The lowest BCUT2D eigenvalue weighted by Crippen LogP contribution is -2.09. The number of fused-ring (bicyclic) bond motifs is 2. The van der Waals surface area contributed by atoms with E-state index in [1.54, 1.807) is 6.33 Å². The van der Waals surface area contributed by atoms with Crippen LogP contribution in [-0.4, -0.2) is 26.3 Å². The first-order valence-corrected chi connectivity index (χ1v) is 9.32. The van der Waals surface area contributed by atoms with Gasteiger partial charge in [0, 0.05) is 22.6 Å². The van der Waals surface area contributed by atoms with Gasteiger partial charge in [-0.05, 0) is 36.6 Å². The molecule has 6 heteroatoms. The molecule has 1 aliphatic carbocycles. The summed E-state index contributed by atoms with van der Waals surface area (Å²) in [4.78, 5) is 9.19. The summed E-state index contributed by atoms with van der Waals surface area (Å²) in [7, 11) is 0. The van der Waals surface area contributed by atoms with Gasteiger partial charge in [-0.25, -0.2) is 14.6 Å². The number of nitrogens with one attached hydrogen (secondary N) is 1. The Labute approximate surface area is 148 Å². The monoisotopic (exact) mass is 383 g/mol. The van der Waals surface area contributed by atoms with Crippen LogP contribution in [0.4, 0.5) is 5.69 Å². The normalized spacial score (nSPS) is 20.5. The molecule has 0 bridgehead atoms. The Bertz CT molecular complexity index is 913. The van der Waals surface area contributed by atoms with E-state index in [0.29, 0.717) is 6.04 Å². The van der Waals surface area contributed by atoms with Crippen molar-refractivity contribution in [2.75, 3.05) is 11.9 Å². The highest BCUT2D eigenvalue weighted by atomic mass is 79.9. The molecule has 5 rings (SSSR count). The standard InChI is InChI=1S/C18H18BrN5/c19-11-5-6-16-13(7-11)14(8-20-16)17-15-9-23-24(12-3-1-2-4-12)18(15)22-10-21-17/h5-7,9-10,12,14,20H,1-4,8H2. The molecule has 1 aromatic carbocycles. The fraction of sp³-hybridized carbons (Fsp3) is 0.389. The van der Waals surface area contributed by atoms with Gasteiger partial charge in [0.15, 0.2) is 5.65 Å². The van der Waals surface area contributed by atoms with E-state index in [1.165, 1.54) is 36.9 Å². The molecular formula is C18H18BrN5. The first-order valence-electron chi connectivity index (χ1n) is 8.52. The molecule has 24 heavy (non-hydrogen) atoms. The highest BCUT2D eigenvalue weighted by Crippen LogP contribution is 2.39. The highest BCUT2D eigenvalue weighted by molar-refractivity contribution is 9.10. The molecule has 0 spiro atoms. The summed E-state index contributed by atoms with van der Waals surface area (Å²) in [5.74, 6) is 0.240. The van der Waals surface area contributed by atoms with E-state index < -0.39 is 0 Å². The number of anilines is 1. The number of benzene rings is 1. The molecule has 1 N–H and O–H groups in total. The van der Waals surface area contributed by atoms with Crippen LogP contribution in [0.5, 0.6) is 0 Å². The zero-order chi connectivity index (χ0) is 16.1. The number of hydrogen-bond donors (Lipinski definition) is 1. The second-order valence-corrected chi connectivity index (χ2v) is 7.60.